The van der Waals surface area contributed by atoms with E-state index in [1.54, 1.807) is 12.1 Å². The summed E-state index contributed by atoms with van der Waals surface area (Å²) in [5.41, 5.74) is -2.11. The highest BCUT2D eigenvalue weighted by molar-refractivity contribution is 8.01. The Labute approximate surface area is 160 Å². The lowest BCUT2D eigenvalue weighted by Gasteiger charge is -2.26. The van der Waals surface area contributed by atoms with E-state index in [-0.39, 0.29) is 4.75 Å². The summed E-state index contributed by atoms with van der Waals surface area (Å²) in [4.78, 5) is 50.6. The van der Waals surface area contributed by atoms with E-state index < -0.39 is 27.1 Å². The molecule has 3 aromatic carbocycles. The Balaban J connectivity index is 2.80. The van der Waals surface area contributed by atoms with Gasteiger partial charge in [0.15, 0.2) is 0 Å². The van der Waals surface area contributed by atoms with Gasteiger partial charge in [-0.15, -0.1) is 11.8 Å². The quantitative estimate of drug-likeness (QED) is 0.366. The molecule has 0 aliphatic rings. The molecule has 0 heterocycles. The molecule has 140 valence electrons. The first-order chi connectivity index (χ1) is 12.3. The second kappa shape index (κ2) is 6.13. The molecule has 0 aliphatic carbocycles. The Bertz CT molecular complexity index is 1280. The van der Waals surface area contributed by atoms with Crippen molar-refractivity contribution in [2.24, 2.45) is 0 Å². The number of thioether (sulfide) groups is 1. The maximum atomic E-state index is 12.8. The summed E-state index contributed by atoms with van der Waals surface area (Å²) < 4.78 is -0.256. The Morgan fingerprint density at radius 1 is 0.667 bits per heavy atom. The average Bonchev–Trinajstić information content (AvgIpc) is 2.52. The Kier molecular flexibility index (Phi) is 4.42. The normalized spacial score (nSPS) is 12.8. The van der Waals surface area contributed by atoms with E-state index in [9.17, 15) is 19.2 Å². The van der Waals surface area contributed by atoms with Gasteiger partial charge in [-0.05, 0) is 40.6 Å². The summed E-state index contributed by atoms with van der Waals surface area (Å²) in [7, 11) is 0. The van der Waals surface area contributed by atoms with Crippen molar-refractivity contribution in [2.75, 3.05) is 0 Å². The summed E-state index contributed by atoms with van der Waals surface area (Å²) in [6.07, 6.45) is 0. The largest absolute Gasteiger partial charge is 0.286 e. The van der Waals surface area contributed by atoms with Crippen LogP contribution in [0.3, 0.4) is 0 Å². The van der Waals surface area contributed by atoms with Crippen molar-refractivity contribution in [3.63, 3.8) is 0 Å². The van der Waals surface area contributed by atoms with Gasteiger partial charge in [0.25, 0.3) is 0 Å². The van der Waals surface area contributed by atoms with E-state index in [2.05, 4.69) is 0 Å². The Morgan fingerprint density at radius 3 is 1.63 bits per heavy atom. The zero-order valence-corrected chi connectivity index (χ0v) is 17.2. The topological polar surface area (TPSA) is 68.3 Å². The van der Waals surface area contributed by atoms with Gasteiger partial charge in [-0.1, -0.05) is 41.5 Å². The SMILES string of the molecule is CC(C)(C)Sc1c2ccc(=O)c(=O)c2c(C(C)(C)C)c2ccc(=O)c(=O)c12. The minimum atomic E-state index is -0.569. The van der Waals surface area contributed by atoms with Crippen LogP contribution in [0.1, 0.15) is 47.1 Å². The van der Waals surface area contributed by atoms with E-state index >= 15 is 0 Å². The number of rotatable bonds is 1. The second-order valence-electron chi connectivity index (χ2n) is 8.80. The van der Waals surface area contributed by atoms with Gasteiger partial charge >= 0.3 is 0 Å². The van der Waals surface area contributed by atoms with Gasteiger partial charge < -0.3 is 0 Å². The number of benzene rings is 3. The molecule has 3 rings (SSSR count). The molecule has 0 fully saturated rings. The molecule has 0 saturated heterocycles. The highest BCUT2D eigenvalue weighted by Gasteiger charge is 2.28. The molecule has 4 nitrogen and oxygen atoms in total. The number of fused-ring (bicyclic) bond motifs is 2. The van der Waals surface area contributed by atoms with E-state index in [0.717, 1.165) is 0 Å². The lowest BCUT2D eigenvalue weighted by Crippen LogP contribution is -2.29. The summed E-state index contributed by atoms with van der Waals surface area (Å²) in [6.45, 7) is 11.8. The molecular formula is C22H22O4S. The fraction of sp³-hybridized carbons (Fsp3) is 0.364. The molecule has 3 aromatic rings. The third kappa shape index (κ3) is 3.25. The van der Waals surface area contributed by atoms with Crippen molar-refractivity contribution in [1.82, 2.24) is 0 Å². The molecule has 0 bridgehead atoms. The summed E-state index contributed by atoms with van der Waals surface area (Å²) in [5.74, 6) is 0. The highest BCUT2D eigenvalue weighted by atomic mass is 32.2. The van der Waals surface area contributed by atoms with E-state index in [0.29, 0.717) is 32.0 Å². The molecule has 0 spiro atoms. The van der Waals surface area contributed by atoms with Crippen LogP contribution in [0.4, 0.5) is 0 Å². The minimum Gasteiger partial charge on any atom is -0.286 e. The number of hydrogen-bond donors (Lipinski definition) is 0. The zero-order valence-electron chi connectivity index (χ0n) is 16.4. The fourth-order valence-corrected chi connectivity index (χ4v) is 4.66. The lowest BCUT2D eigenvalue weighted by atomic mass is 9.80. The molecular weight excluding hydrogens is 360 g/mol. The highest BCUT2D eigenvalue weighted by Crippen LogP contribution is 2.43. The van der Waals surface area contributed by atoms with Gasteiger partial charge in [-0.3, -0.25) is 19.2 Å². The molecule has 5 heteroatoms. The molecule has 0 aromatic heterocycles. The monoisotopic (exact) mass is 382 g/mol. The Hall–Kier alpha value is -2.27. The van der Waals surface area contributed by atoms with Gasteiger partial charge in [-0.25, -0.2) is 0 Å². The van der Waals surface area contributed by atoms with E-state index in [1.165, 1.54) is 23.9 Å². The van der Waals surface area contributed by atoms with E-state index in [1.807, 2.05) is 41.5 Å². The van der Waals surface area contributed by atoms with Crippen LogP contribution in [0.2, 0.25) is 0 Å². The summed E-state index contributed by atoms with van der Waals surface area (Å²) in [6, 6.07) is 5.73. The van der Waals surface area contributed by atoms with Crippen LogP contribution in [0.15, 0.2) is 48.3 Å². The predicted molar refractivity (Wildman–Crippen MR) is 113 cm³/mol. The molecule has 0 N–H and O–H groups in total. The van der Waals surface area contributed by atoms with Crippen LogP contribution in [0.5, 0.6) is 0 Å². The minimum absolute atomic E-state index is 0.256. The van der Waals surface area contributed by atoms with Crippen molar-refractivity contribution in [2.45, 2.75) is 56.6 Å². The fourth-order valence-electron chi connectivity index (χ4n) is 3.46. The molecule has 0 saturated carbocycles. The maximum Gasteiger partial charge on any atom is 0.234 e. The first kappa shape index (κ1) is 19.5. The molecule has 0 unspecified atom stereocenters. The van der Waals surface area contributed by atoms with Gasteiger partial charge in [0, 0.05) is 25.8 Å². The lowest BCUT2D eigenvalue weighted by molar-refractivity contribution is 0.601. The van der Waals surface area contributed by atoms with Gasteiger partial charge in [0.2, 0.25) is 21.7 Å². The predicted octanol–water partition coefficient (Wildman–Crippen LogP) is 3.50. The standard InChI is InChI=1S/C22H22O4S/c1-21(2,3)17-11-7-9-14(24)19(26)16(11)20(27-22(4,5)6)12-8-10-13(23)18(25)15(12)17/h7-10H,1-6H3. The molecule has 0 aliphatic heterocycles. The zero-order chi connectivity index (χ0) is 20.3. The van der Waals surface area contributed by atoms with Crippen LogP contribution in [-0.4, -0.2) is 4.75 Å². The molecule has 0 amide bonds. The molecule has 0 radical (unpaired) electrons. The van der Waals surface area contributed by atoms with Gasteiger partial charge in [0.05, 0.1) is 0 Å². The average molecular weight is 382 g/mol. The smallest absolute Gasteiger partial charge is 0.234 e. The van der Waals surface area contributed by atoms with Gasteiger partial charge in [0.1, 0.15) is 0 Å². The van der Waals surface area contributed by atoms with E-state index in [4.69, 9.17) is 0 Å². The van der Waals surface area contributed by atoms with Crippen LogP contribution >= 0.6 is 11.8 Å². The third-order valence-electron chi connectivity index (χ3n) is 4.39. The molecule has 27 heavy (non-hydrogen) atoms. The first-order valence-electron chi connectivity index (χ1n) is 8.80. The van der Waals surface area contributed by atoms with Crippen LogP contribution < -0.4 is 21.7 Å². The van der Waals surface area contributed by atoms with Crippen LogP contribution in [-0.2, 0) is 5.41 Å². The molecule has 0 atom stereocenters. The third-order valence-corrected chi connectivity index (χ3v) is 5.63. The van der Waals surface area contributed by atoms with Crippen LogP contribution in [0.25, 0.3) is 21.5 Å². The maximum absolute atomic E-state index is 12.8. The van der Waals surface area contributed by atoms with Crippen molar-refractivity contribution >= 4 is 33.3 Å². The Morgan fingerprint density at radius 2 is 1.15 bits per heavy atom. The summed E-state index contributed by atoms with van der Waals surface area (Å²) >= 11 is 1.44. The van der Waals surface area contributed by atoms with Crippen LogP contribution in [0, 0.1) is 0 Å². The second-order valence-corrected chi connectivity index (χ2v) is 10.6. The first-order valence-corrected chi connectivity index (χ1v) is 9.61. The number of hydrogen-bond acceptors (Lipinski definition) is 5. The van der Waals surface area contributed by atoms with Crippen molar-refractivity contribution in [1.29, 1.82) is 0 Å². The van der Waals surface area contributed by atoms with Crippen molar-refractivity contribution in [3.05, 3.63) is 70.7 Å². The van der Waals surface area contributed by atoms with Crippen molar-refractivity contribution < 1.29 is 0 Å². The van der Waals surface area contributed by atoms with Crippen molar-refractivity contribution in [3.8, 4) is 0 Å². The summed E-state index contributed by atoms with van der Waals surface area (Å²) in [5, 5.41) is 1.85. The van der Waals surface area contributed by atoms with Gasteiger partial charge in [-0.2, -0.15) is 0 Å².